The first kappa shape index (κ1) is 18.0. The second-order valence-corrected chi connectivity index (χ2v) is 4.96. The van der Waals surface area contributed by atoms with Crippen molar-refractivity contribution in [2.75, 3.05) is 6.61 Å². The highest BCUT2D eigenvalue weighted by atomic mass is 19.4. The SMILES string of the molecule is N#Cc1cc([N+](=O)[O-])cn(Cc2ccc(OCC(F)(F)F)cc2)c1=O. The van der Waals surface area contributed by atoms with Crippen LogP contribution in [0.15, 0.2) is 41.3 Å². The molecule has 0 aliphatic carbocycles. The zero-order valence-corrected chi connectivity index (χ0v) is 12.5. The Bertz CT molecular complexity index is 883. The van der Waals surface area contributed by atoms with Gasteiger partial charge in [0, 0.05) is 6.07 Å². The van der Waals surface area contributed by atoms with Gasteiger partial charge in [0.05, 0.1) is 17.7 Å². The first-order chi connectivity index (χ1) is 11.7. The molecule has 0 aliphatic rings. The van der Waals surface area contributed by atoms with Crippen LogP contribution in [0, 0.1) is 21.4 Å². The van der Waals surface area contributed by atoms with Crippen LogP contribution in [0.5, 0.6) is 5.75 Å². The Morgan fingerprint density at radius 2 is 1.92 bits per heavy atom. The highest BCUT2D eigenvalue weighted by Gasteiger charge is 2.28. The number of nitrogens with zero attached hydrogens (tertiary/aromatic N) is 3. The van der Waals surface area contributed by atoms with Gasteiger partial charge in [-0.2, -0.15) is 18.4 Å². The summed E-state index contributed by atoms with van der Waals surface area (Å²) in [5, 5.41) is 19.7. The van der Waals surface area contributed by atoms with Crippen LogP contribution in [-0.4, -0.2) is 22.3 Å². The summed E-state index contributed by atoms with van der Waals surface area (Å²) in [6.07, 6.45) is -3.46. The van der Waals surface area contributed by atoms with E-state index in [9.17, 15) is 28.1 Å². The van der Waals surface area contributed by atoms with Gasteiger partial charge in [-0.15, -0.1) is 0 Å². The van der Waals surface area contributed by atoms with Crippen molar-refractivity contribution < 1.29 is 22.8 Å². The molecule has 130 valence electrons. The predicted molar refractivity (Wildman–Crippen MR) is 79.2 cm³/mol. The summed E-state index contributed by atoms with van der Waals surface area (Å²) in [4.78, 5) is 22.2. The fourth-order valence-electron chi connectivity index (χ4n) is 1.97. The van der Waals surface area contributed by atoms with E-state index in [0.29, 0.717) is 5.56 Å². The van der Waals surface area contributed by atoms with E-state index < -0.39 is 29.0 Å². The number of halogens is 3. The third-order valence-electron chi connectivity index (χ3n) is 3.08. The van der Waals surface area contributed by atoms with Crippen molar-refractivity contribution in [1.82, 2.24) is 4.57 Å². The molecule has 10 heteroatoms. The Kier molecular flexibility index (Phi) is 5.07. The van der Waals surface area contributed by atoms with Crippen LogP contribution < -0.4 is 10.3 Å². The van der Waals surface area contributed by atoms with E-state index in [1.165, 1.54) is 24.3 Å². The van der Waals surface area contributed by atoms with Gasteiger partial charge in [0.2, 0.25) is 0 Å². The number of hydrogen-bond donors (Lipinski definition) is 0. The molecule has 0 radical (unpaired) electrons. The van der Waals surface area contributed by atoms with Crippen LogP contribution in [0.2, 0.25) is 0 Å². The summed E-state index contributed by atoms with van der Waals surface area (Å²) < 4.78 is 41.8. The van der Waals surface area contributed by atoms with Crippen LogP contribution in [0.4, 0.5) is 18.9 Å². The molecule has 0 atom stereocenters. The summed E-state index contributed by atoms with van der Waals surface area (Å²) in [6, 6.07) is 7.89. The van der Waals surface area contributed by atoms with Gasteiger partial charge in [-0.1, -0.05) is 12.1 Å². The van der Waals surface area contributed by atoms with Crippen LogP contribution in [-0.2, 0) is 6.54 Å². The average Bonchev–Trinajstić information content (AvgIpc) is 2.55. The Balaban J connectivity index is 2.22. The molecule has 0 saturated heterocycles. The third kappa shape index (κ3) is 4.81. The van der Waals surface area contributed by atoms with E-state index >= 15 is 0 Å². The van der Waals surface area contributed by atoms with Gasteiger partial charge in [-0.3, -0.25) is 14.9 Å². The molecule has 0 fully saturated rings. The predicted octanol–water partition coefficient (Wildman–Crippen LogP) is 2.62. The lowest BCUT2D eigenvalue weighted by Gasteiger charge is -2.10. The molecule has 0 saturated carbocycles. The lowest BCUT2D eigenvalue weighted by atomic mass is 10.2. The highest BCUT2D eigenvalue weighted by molar-refractivity contribution is 5.38. The number of alkyl halides is 3. The number of rotatable bonds is 5. The molecule has 0 spiro atoms. The zero-order chi connectivity index (χ0) is 18.6. The molecule has 0 bridgehead atoms. The third-order valence-corrected chi connectivity index (χ3v) is 3.08. The maximum Gasteiger partial charge on any atom is 0.422 e. The second-order valence-electron chi connectivity index (χ2n) is 4.96. The van der Waals surface area contributed by atoms with Gasteiger partial charge in [0.15, 0.2) is 6.61 Å². The van der Waals surface area contributed by atoms with Crippen molar-refractivity contribution in [3.8, 4) is 11.8 Å². The van der Waals surface area contributed by atoms with Gasteiger partial charge in [-0.25, -0.2) is 0 Å². The molecule has 0 aliphatic heterocycles. The summed E-state index contributed by atoms with van der Waals surface area (Å²) in [6.45, 7) is -1.52. The molecule has 0 amide bonds. The van der Waals surface area contributed by atoms with Crippen LogP contribution in [0.25, 0.3) is 0 Å². The Morgan fingerprint density at radius 1 is 1.28 bits per heavy atom. The van der Waals surface area contributed by atoms with Gasteiger partial charge in [0.1, 0.15) is 17.4 Å². The Morgan fingerprint density at radius 3 is 2.44 bits per heavy atom. The molecule has 25 heavy (non-hydrogen) atoms. The lowest BCUT2D eigenvalue weighted by molar-refractivity contribution is -0.385. The van der Waals surface area contributed by atoms with Crippen molar-refractivity contribution in [3.05, 3.63) is 68.1 Å². The Hall–Kier alpha value is -3.35. The van der Waals surface area contributed by atoms with Crippen LogP contribution >= 0.6 is 0 Å². The topological polar surface area (TPSA) is 98.2 Å². The standard InChI is InChI=1S/C15H10F3N3O4/c16-15(17,18)9-25-13-3-1-10(2-4-13)7-20-8-12(21(23)24)5-11(6-19)14(20)22/h1-5,8H,7,9H2. The molecule has 1 aromatic carbocycles. The smallest absolute Gasteiger partial charge is 0.422 e. The molecule has 0 unspecified atom stereocenters. The van der Waals surface area contributed by atoms with E-state index in [1.54, 1.807) is 6.07 Å². The average molecular weight is 353 g/mol. The van der Waals surface area contributed by atoms with Crippen molar-refractivity contribution in [3.63, 3.8) is 0 Å². The number of nitriles is 1. The van der Waals surface area contributed by atoms with E-state index in [-0.39, 0.29) is 17.9 Å². The van der Waals surface area contributed by atoms with Gasteiger partial charge >= 0.3 is 6.18 Å². The molecule has 1 heterocycles. The van der Waals surface area contributed by atoms with Gasteiger partial charge < -0.3 is 9.30 Å². The first-order valence-electron chi connectivity index (χ1n) is 6.77. The first-order valence-corrected chi connectivity index (χ1v) is 6.77. The summed E-state index contributed by atoms with van der Waals surface area (Å²) in [5.74, 6) is -0.00909. The molecular formula is C15H10F3N3O4. The monoisotopic (exact) mass is 353 g/mol. The molecule has 1 aromatic heterocycles. The molecule has 2 rings (SSSR count). The van der Waals surface area contributed by atoms with Crippen LogP contribution in [0.3, 0.4) is 0 Å². The van der Waals surface area contributed by atoms with E-state index in [1.807, 2.05) is 0 Å². The molecule has 0 N–H and O–H groups in total. The number of ether oxygens (including phenoxy) is 1. The number of nitro groups is 1. The zero-order valence-electron chi connectivity index (χ0n) is 12.5. The van der Waals surface area contributed by atoms with Crippen molar-refractivity contribution in [2.45, 2.75) is 12.7 Å². The number of aromatic nitrogens is 1. The van der Waals surface area contributed by atoms with Crippen LogP contribution in [0.1, 0.15) is 11.1 Å². The fourth-order valence-corrected chi connectivity index (χ4v) is 1.97. The van der Waals surface area contributed by atoms with Crippen molar-refractivity contribution >= 4 is 5.69 Å². The van der Waals surface area contributed by atoms with E-state index in [4.69, 9.17) is 5.26 Å². The molecule has 7 nitrogen and oxygen atoms in total. The maximum absolute atomic E-state index is 12.1. The molecule has 2 aromatic rings. The largest absolute Gasteiger partial charge is 0.484 e. The summed E-state index contributed by atoms with van der Waals surface area (Å²) in [7, 11) is 0. The normalized spacial score (nSPS) is 11.0. The van der Waals surface area contributed by atoms with E-state index in [0.717, 1.165) is 16.8 Å². The summed E-state index contributed by atoms with van der Waals surface area (Å²) in [5.41, 5.74) is -1.00. The van der Waals surface area contributed by atoms with Gasteiger partial charge in [0.25, 0.3) is 11.2 Å². The number of hydrogen-bond acceptors (Lipinski definition) is 5. The molecular weight excluding hydrogens is 343 g/mol. The maximum atomic E-state index is 12.1. The minimum atomic E-state index is -4.46. The highest BCUT2D eigenvalue weighted by Crippen LogP contribution is 2.19. The fraction of sp³-hybridized carbons (Fsp3) is 0.200. The summed E-state index contributed by atoms with van der Waals surface area (Å²) >= 11 is 0. The van der Waals surface area contributed by atoms with E-state index in [2.05, 4.69) is 4.74 Å². The van der Waals surface area contributed by atoms with Crippen molar-refractivity contribution in [2.24, 2.45) is 0 Å². The van der Waals surface area contributed by atoms with Gasteiger partial charge in [-0.05, 0) is 17.7 Å². The minimum Gasteiger partial charge on any atom is -0.484 e. The minimum absolute atomic E-state index is 0.00909. The Labute approximate surface area is 138 Å². The number of pyridine rings is 1. The number of benzene rings is 1. The second kappa shape index (κ2) is 7.04. The van der Waals surface area contributed by atoms with Crippen molar-refractivity contribution in [1.29, 1.82) is 5.26 Å². The quantitative estimate of drug-likeness (QED) is 0.608. The lowest BCUT2D eigenvalue weighted by Crippen LogP contribution is -2.23.